The number of para-hydroxylation sites is 1. The zero-order valence-electron chi connectivity index (χ0n) is 13.8. The molecule has 0 fully saturated rings. The van der Waals surface area contributed by atoms with Crippen molar-refractivity contribution < 1.29 is 19.1 Å². The summed E-state index contributed by atoms with van der Waals surface area (Å²) in [6.45, 7) is 0.0773. The van der Waals surface area contributed by atoms with Crippen LogP contribution in [-0.2, 0) is 11.3 Å². The van der Waals surface area contributed by atoms with Crippen LogP contribution in [0.15, 0.2) is 53.3 Å². The summed E-state index contributed by atoms with van der Waals surface area (Å²) in [5.74, 6) is -0.249. The molecule has 128 valence electrons. The molecule has 0 bridgehead atoms. The predicted molar refractivity (Wildman–Crippen MR) is 90.6 cm³/mol. The number of aromatic nitrogens is 2. The van der Waals surface area contributed by atoms with Crippen molar-refractivity contribution in [1.29, 1.82) is 0 Å². The number of benzene rings is 2. The molecule has 2 aromatic carbocycles. The number of esters is 1. The van der Waals surface area contributed by atoms with E-state index in [-0.39, 0.29) is 12.4 Å². The lowest BCUT2D eigenvalue weighted by Gasteiger charge is -2.13. The third kappa shape index (κ3) is 3.30. The first-order valence-corrected chi connectivity index (χ1v) is 7.50. The average Bonchev–Trinajstić information content (AvgIpc) is 2.67. The van der Waals surface area contributed by atoms with E-state index in [0.29, 0.717) is 16.7 Å². The molecule has 1 aromatic heterocycles. The minimum absolute atomic E-state index is 0.0773. The van der Waals surface area contributed by atoms with Gasteiger partial charge < -0.3 is 14.3 Å². The van der Waals surface area contributed by atoms with Gasteiger partial charge in [0.1, 0.15) is 12.4 Å². The summed E-state index contributed by atoms with van der Waals surface area (Å²) in [5, 5.41) is 0.352. The zero-order chi connectivity index (χ0) is 17.8. The molecule has 7 heteroatoms. The summed E-state index contributed by atoms with van der Waals surface area (Å²) >= 11 is 0. The number of rotatable bonds is 5. The van der Waals surface area contributed by atoms with Gasteiger partial charge in [-0.05, 0) is 29.8 Å². The summed E-state index contributed by atoms with van der Waals surface area (Å²) < 4.78 is 10.7. The number of hydrogen-bond donors (Lipinski definition) is 0. The van der Waals surface area contributed by atoms with Gasteiger partial charge in [-0.3, -0.25) is 4.79 Å². The number of ether oxygens (including phenoxy) is 2. The highest BCUT2D eigenvalue weighted by Gasteiger charge is 2.19. The van der Waals surface area contributed by atoms with Crippen LogP contribution in [-0.4, -0.2) is 29.9 Å². The standard InChI is InChI=1S/C18H16N2O5/c1-23-13-9-7-12(8-10-13)11-25-20-16(18(22)24-2)19-15-6-4-3-5-14(15)17(20)21/h3-10H,11H2,1-2H3. The van der Waals surface area contributed by atoms with Crippen molar-refractivity contribution in [3.05, 3.63) is 70.3 Å². The Labute approximate surface area is 143 Å². The van der Waals surface area contributed by atoms with Crippen LogP contribution in [0, 0.1) is 0 Å². The van der Waals surface area contributed by atoms with E-state index in [1.165, 1.54) is 7.11 Å². The second-order valence-electron chi connectivity index (χ2n) is 5.17. The number of carbonyl (C=O) groups excluding carboxylic acids is 1. The van der Waals surface area contributed by atoms with Gasteiger partial charge >= 0.3 is 5.97 Å². The number of nitrogens with zero attached hydrogens (tertiary/aromatic N) is 2. The third-order valence-corrected chi connectivity index (χ3v) is 3.62. The highest BCUT2D eigenvalue weighted by atomic mass is 16.7. The van der Waals surface area contributed by atoms with Crippen molar-refractivity contribution in [2.45, 2.75) is 6.61 Å². The molecule has 0 aliphatic carbocycles. The van der Waals surface area contributed by atoms with E-state index >= 15 is 0 Å². The predicted octanol–water partition coefficient (Wildman–Crippen LogP) is 1.82. The second kappa shape index (κ2) is 7.04. The van der Waals surface area contributed by atoms with Gasteiger partial charge in [0, 0.05) is 0 Å². The summed E-state index contributed by atoms with van der Waals surface area (Å²) in [6, 6.07) is 13.9. The number of carbonyl (C=O) groups is 1. The van der Waals surface area contributed by atoms with Gasteiger partial charge in [-0.25, -0.2) is 9.78 Å². The molecular weight excluding hydrogens is 324 g/mol. The molecule has 0 unspecified atom stereocenters. The van der Waals surface area contributed by atoms with Gasteiger partial charge in [-0.2, -0.15) is 0 Å². The summed E-state index contributed by atoms with van der Waals surface area (Å²) in [7, 11) is 2.80. The van der Waals surface area contributed by atoms with Crippen LogP contribution < -0.4 is 15.1 Å². The highest BCUT2D eigenvalue weighted by Crippen LogP contribution is 2.12. The van der Waals surface area contributed by atoms with Crippen LogP contribution in [0.25, 0.3) is 10.9 Å². The van der Waals surface area contributed by atoms with Crippen molar-refractivity contribution in [3.8, 4) is 5.75 Å². The van der Waals surface area contributed by atoms with Crippen molar-refractivity contribution in [2.75, 3.05) is 14.2 Å². The molecule has 0 saturated heterocycles. The average molecular weight is 340 g/mol. The van der Waals surface area contributed by atoms with Crippen LogP contribution in [0.1, 0.15) is 16.2 Å². The van der Waals surface area contributed by atoms with Gasteiger partial charge in [-0.15, -0.1) is 4.73 Å². The molecule has 0 saturated carbocycles. The quantitative estimate of drug-likeness (QED) is 0.659. The van der Waals surface area contributed by atoms with Gasteiger partial charge in [0.2, 0.25) is 0 Å². The first-order valence-electron chi connectivity index (χ1n) is 7.50. The Bertz CT molecular complexity index is 963. The minimum Gasteiger partial charge on any atom is -0.497 e. The largest absolute Gasteiger partial charge is 0.497 e. The lowest BCUT2D eigenvalue weighted by atomic mass is 10.2. The molecule has 0 radical (unpaired) electrons. The lowest BCUT2D eigenvalue weighted by Crippen LogP contribution is -2.33. The van der Waals surface area contributed by atoms with Gasteiger partial charge in [0.05, 0.1) is 25.1 Å². The summed E-state index contributed by atoms with van der Waals surface area (Å²) in [5.41, 5.74) is 0.730. The molecular formula is C18H16N2O5. The van der Waals surface area contributed by atoms with Crippen LogP contribution in [0.2, 0.25) is 0 Å². The fraction of sp³-hybridized carbons (Fsp3) is 0.167. The van der Waals surface area contributed by atoms with E-state index < -0.39 is 11.5 Å². The zero-order valence-corrected chi connectivity index (χ0v) is 13.8. The highest BCUT2D eigenvalue weighted by molar-refractivity contribution is 5.88. The Morgan fingerprint density at radius 1 is 1.08 bits per heavy atom. The maximum atomic E-state index is 12.7. The van der Waals surface area contributed by atoms with Gasteiger partial charge in [0.25, 0.3) is 11.4 Å². The third-order valence-electron chi connectivity index (χ3n) is 3.62. The summed E-state index contributed by atoms with van der Waals surface area (Å²) in [6.07, 6.45) is 0. The fourth-order valence-corrected chi connectivity index (χ4v) is 2.32. The van der Waals surface area contributed by atoms with Crippen LogP contribution in [0.3, 0.4) is 0 Å². The molecule has 7 nitrogen and oxygen atoms in total. The molecule has 0 amide bonds. The van der Waals surface area contributed by atoms with E-state index in [1.54, 1.807) is 55.6 Å². The lowest BCUT2D eigenvalue weighted by molar-refractivity contribution is 0.0444. The number of fused-ring (bicyclic) bond motifs is 1. The van der Waals surface area contributed by atoms with Crippen molar-refractivity contribution in [3.63, 3.8) is 0 Å². The SMILES string of the molecule is COC(=O)c1nc2ccccc2c(=O)n1OCc1ccc(OC)cc1. The van der Waals surface area contributed by atoms with E-state index in [4.69, 9.17) is 14.3 Å². The Hall–Kier alpha value is -3.35. The monoisotopic (exact) mass is 340 g/mol. The van der Waals surface area contributed by atoms with Gasteiger partial charge in [-0.1, -0.05) is 24.3 Å². The second-order valence-corrected chi connectivity index (χ2v) is 5.17. The van der Waals surface area contributed by atoms with E-state index in [9.17, 15) is 9.59 Å². The smallest absolute Gasteiger partial charge is 0.377 e. The molecule has 3 rings (SSSR count). The van der Waals surface area contributed by atoms with E-state index in [0.717, 1.165) is 10.3 Å². The molecule has 0 atom stereocenters. The fourth-order valence-electron chi connectivity index (χ4n) is 2.32. The van der Waals surface area contributed by atoms with Crippen molar-refractivity contribution in [1.82, 2.24) is 9.71 Å². The first-order chi connectivity index (χ1) is 12.1. The number of hydrogen-bond acceptors (Lipinski definition) is 6. The molecule has 0 spiro atoms. The molecule has 1 heterocycles. The molecule has 0 aliphatic heterocycles. The maximum Gasteiger partial charge on any atom is 0.377 e. The minimum atomic E-state index is -0.752. The van der Waals surface area contributed by atoms with Crippen LogP contribution in [0.4, 0.5) is 0 Å². The Kier molecular flexibility index (Phi) is 4.65. The first kappa shape index (κ1) is 16.5. The normalized spacial score (nSPS) is 10.5. The molecule has 0 N–H and O–H groups in total. The van der Waals surface area contributed by atoms with Crippen LogP contribution >= 0.6 is 0 Å². The molecule has 25 heavy (non-hydrogen) atoms. The summed E-state index contributed by atoms with van der Waals surface area (Å²) in [4.78, 5) is 34.4. The Morgan fingerprint density at radius 3 is 2.48 bits per heavy atom. The van der Waals surface area contributed by atoms with Crippen molar-refractivity contribution in [2.24, 2.45) is 0 Å². The van der Waals surface area contributed by atoms with Crippen molar-refractivity contribution >= 4 is 16.9 Å². The number of methoxy groups -OCH3 is 2. The topological polar surface area (TPSA) is 79.7 Å². The molecule has 0 aliphatic rings. The Balaban J connectivity index is 1.99. The molecule has 3 aromatic rings. The Morgan fingerprint density at radius 2 is 1.80 bits per heavy atom. The van der Waals surface area contributed by atoms with Gasteiger partial charge in [0.15, 0.2) is 0 Å². The maximum absolute atomic E-state index is 12.7. The van der Waals surface area contributed by atoms with E-state index in [2.05, 4.69) is 4.98 Å². The van der Waals surface area contributed by atoms with Crippen LogP contribution in [0.5, 0.6) is 5.75 Å². The van der Waals surface area contributed by atoms with E-state index in [1.807, 2.05) is 0 Å².